The van der Waals surface area contributed by atoms with Crippen molar-refractivity contribution in [2.24, 2.45) is 0 Å². The molecule has 1 heterocycles. The Labute approximate surface area is 310 Å². The van der Waals surface area contributed by atoms with E-state index in [1.165, 1.54) is 60.8 Å². The van der Waals surface area contributed by atoms with E-state index in [9.17, 15) is 0 Å². The van der Waals surface area contributed by atoms with E-state index in [-0.39, 0.29) is 5.41 Å². The second-order valence-corrected chi connectivity index (χ2v) is 14.6. The van der Waals surface area contributed by atoms with E-state index in [4.69, 9.17) is 0 Å². The molecule has 0 atom stereocenters. The highest BCUT2D eigenvalue weighted by atomic mass is 15.1. The molecule has 1 aliphatic rings. The number of nitrogens with zero attached hydrogens (tertiary/aromatic N) is 2. The zero-order chi connectivity index (χ0) is 35.5. The Morgan fingerprint density at radius 1 is 0.415 bits per heavy atom. The third-order valence-corrected chi connectivity index (χ3v) is 11.2. The summed E-state index contributed by atoms with van der Waals surface area (Å²) in [5, 5.41) is 2.52. The topological polar surface area (TPSA) is 8.17 Å². The third-order valence-electron chi connectivity index (χ3n) is 11.2. The second-order valence-electron chi connectivity index (χ2n) is 14.6. The van der Waals surface area contributed by atoms with E-state index in [2.05, 4.69) is 217 Å². The van der Waals surface area contributed by atoms with Gasteiger partial charge in [-0.25, -0.2) is 0 Å². The van der Waals surface area contributed by atoms with Gasteiger partial charge in [0.25, 0.3) is 0 Å². The fraction of sp³-hybridized carbons (Fsp3) is 0.0588. The molecule has 0 aliphatic heterocycles. The Balaban J connectivity index is 1.23. The van der Waals surface area contributed by atoms with Crippen molar-refractivity contribution < 1.29 is 0 Å². The fourth-order valence-electron chi connectivity index (χ4n) is 8.73. The lowest BCUT2D eigenvalue weighted by molar-refractivity contribution is 0.660. The number of benzene rings is 8. The van der Waals surface area contributed by atoms with Crippen LogP contribution in [-0.2, 0) is 5.41 Å². The zero-order valence-corrected chi connectivity index (χ0v) is 29.9. The van der Waals surface area contributed by atoms with Crippen LogP contribution in [0.15, 0.2) is 194 Å². The number of hydrogen-bond donors (Lipinski definition) is 0. The molecule has 53 heavy (non-hydrogen) atoms. The molecule has 0 radical (unpaired) electrons. The molecule has 0 saturated carbocycles. The largest absolute Gasteiger partial charge is 0.310 e. The molecule has 0 amide bonds. The molecular formula is C51H38N2. The maximum atomic E-state index is 2.45. The van der Waals surface area contributed by atoms with Crippen LogP contribution >= 0.6 is 0 Å². The monoisotopic (exact) mass is 678 g/mol. The van der Waals surface area contributed by atoms with Gasteiger partial charge in [-0.2, -0.15) is 0 Å². The maximum absolute atomic E-state index is 2.45. The van der Waals surface area contributed by atoms with Gasteiger partial charge in [0.1, 0.15) is 0 Å². The number of para-hydroxylation sites is 3. The van der Waals surface area contributed by atoms with Crippen molar-refractivity contribution in [2.75, 3.05) is 4.90 Å². The van der Waals surface area contributed by atoms with Crippen molar-refractivity contribution in [3.05, 3.63) is 205 Å². The molecule has 0 unspecified atom stereocenters. The van der Waals surface area contributed by atoms with E-state index < -0.39 is 0 Å². The SMILES string of the molecule is CC1(C)c2ccccc2-c2ccc(N(c3ccccc3)c3cccc(-c4ccccc4)c3-c3cccc(-n4c5ccccc5c5ccccc54)c3)cc21. The molecule has 0 saturated heterocycles. The summed E-state index contributed by atoms with van der Waals surface area (Å²) in [4.78, 5) is 2.45. The smallest absolute Gasteiger partial charge is 0.0546 e. The summed E-state index contributed by atoms with van der Waals surface area (Å²) < 4.78 is 2.41. The summed E-state index contributed by atoms with van der Waals surface area (Å²) in [6.45, 7) is 4.71. The first-order valence-corrected chi connectivity index (χ1v) is 18.4. The van der Waals surface area contributed by atoms with Crippen LogP contribution in [0.5, 0.6) is 0 Å². The van der Waals surface area contributed by atoms with Crippen LogP contribution in [-0.4, -0.2) is 4.57 Å². The van der Waals surface area contributed by atoms with E-state index in [1.54, 1.807) is 0 Å². The third kappa shape index (κ3) is 4.94. The van der Waals surface area contributed by atoms with Gasteiger partial charge in [0.2, 0.25) is 0 Å². The fourth-order valence-corrected chi connectivity index (χ4v) is 8.73. The number of aromatic nitrogens is 1. The molecule has 1 aromatic heterocycles. The van der Waals surface area contributed by atoms with E-state index in [1.807, 2.05) is 0 Å². The summed E-state index contributed by atoms with van der Waals surface area (Å²) >= 11 is 0. The molecule has 2 heteroatoms. The molecule has 2 nitrogen and oxygen atoms in total. The minimum absolute atomic E-state index is 0.115. The van der Waals surface area contributed by atoms with Crippen molar-refractivity contribution in [2.45, 2.75) is 19.3 Å². The van der Waals surface area contributed by atoms with Crippen LogP contribution in [0.4, 0.5) is 17.1 Å². The van der Waals surface area contributed by atoms with Crippen molar-refractivity contribution >= 4 is 38.9 Å². The zero-order valence-electron chi connectivity index (χ0n) is 29.9. The van der Waals surface area contributed by atoms with Gasteiger partial charge in [-0.15, -0.1) is 0 Å². The van der Waals surface area contributed by atoms with E-state index in [0.717, 1.165) is 28.3 Å². The van der Waals surface area contributed by atoms with Crippen molar-refractivity contribution in [3.8, 4) is 39.1 Å². The van der Waals surface area contributed by atoms with Crippen molar-refractivity contribution in [3.63, 3.8) is 0 Å². The van der Waals surface area contributed by atoms with Crippen LogP contribution in [0.1, 0.15) is 25.0 Å². The van der Waals surface area contributed by atoms with Crippen LogP contribution in [0, 0.1) is 0 Å². The van der Waals surface area contributed by atoms with Gasteiger partial charge in [-0.05, 0) is 93.5 Å². The molecule has 9 aromatic rings. The molecule has 0 N–H and O–H groups in total. The molecule has 0 bridgehead atoms. The van der Waals surface area contributed by atoms with Crippen LogP contribution < -0.4 is 4.90 Å². The number of fused-ring (bicyclic) bond motifs is 6. The minimum atomic E-state index is -0.115. The Morgan fingerprint density at radius 2 is 1.00 bits per heavy atom. The Hall–Kier alpha value is -6.64. The minimum Gasteiger partial charge on any atom is -0.310 e. The van der Waals surface area contributed by atoms with Gasteiger partial charge in [0.05, 0.1) is 16.7 Å². The summed E-state index contributed by atoms with van der Waals surface area (Å²) in [6, 6.07) is 70.9. The van der Waals surface area contributed by atoms with Crippen LogP contribution in [0.25, 0.3) is 60.9 Å². The average Bonchev–Trinajstić information content (AvgIpc) is 3.67. The van der Waals surface area contributed by atoms with Gasteiger partial charge in [-0.1, -0.05) is 153 Å². The van der Waals surface area contributed by atoms with Crippen LogP contribution in [0.2, 0.25) is 0 Å². The summed E-state index contributed by atoms with van der Waals surface area (Å²) in [5.41, 5.74) is 16.9. The van der Waals surface area contributed by atoms with Crippen molar-refractivity contribution in [1.29, 1.82) is 0 Å². The Bertz CT molecular complexity index is 2750. The van der Waals surface area contributed by atoms with Gasteiger partial charge in [0.15, 0.2) is 0 Å². The summed E-state index contributed by atoms with van der Waals surface area (Å²) in [6.07, 6.45) is 0. The first kappa shape index (κ1) is 31.1. The number of rotatable bonds is 6. The van der Waals surface area contributed by atoms with Crippen LogP contribution in [0.3, 0.4) is 0 Å². The highest BCUT2D eigenvalue weighted by molar-refractivity contribution is 6.09. The Morgan fingerprint density at radius 3 is 1.75 bits per heavy atom. The molecule has 1 aliphatic carbocycles. The highest BCUT2D eigenvalue weighted by Gasteiger charge is 2.36. The molecule has 252 valence electrons. The van der Waals surface area contributed by atoms with E-state index >= 15 is 0 Å². The molecule has 8 aromatic carbocycles. The Kier molecular flexibility index (Phi) is 7.19. The van der Waals surface area contributed by atoms with Crippen molar-refractivity contribution in [1.82, 2.24) is 4.57 Å². The van der Waals surface area contributed by atoms with Gasteiger partial charge < -0.3 is 9.47 Å². The summed E-state index contributed by atoms with van der Waals surface area (Å²) in [7, 11) is 0. The van der Waals surface area contributed by atoms with Gasteiger partial charge in [0, 0.05) is 38.8 Å². The lowest BCUT2D eigenvalue weighted by atomic mass is 9.82. The molecular weight excluding hydrogens is 641 g/mol. The predicted octanol–water partition coefficient (Wildman–Crippen LogP) is 13.9. The lowest BCUT2D eigenvalue weighted by Gasteiger charge is -2.31. The molecule has 10 rings (SSSR count). The molecule has 0 fully saturated rings. The quantitative estimate of drug-likeness (QED) is 0.170. The standard InChI is InChI=1S/C51H38N2/c1-51(2)45-27-12-9-23-41(45)42-32-31-39(34-46(42)51)52(37-20-7-4-8-21-37)49-30-16-26-40(35-17-5-3-6-18-35)50(49)36-19-15-22-38(33-36)53-47-28-13-10-24-43(47)44-25-11-14-29-48(44)53/h3-34H,1-2H3. The van der Waals surface area contributed by atoms with E-state index in [0.29, 0.717) is 0 Å². The van der Waals surface area contributed by atoms with Gasteiger partial charge >= 0.3 is 0 Å². The summed E-state index contributed by atoms with van der Waals surface area (Å²) in [5.74, 6) is 0. The first-order valence-electron chi connectivity index (χ1n) is 18.4. The first-order chi connectivity index (χ1) is 26.1. The maximum Gasteiger partial charge on any atom is 0.0546 e. The number of hydrogen-bond acceptors (Lipinski definition) is 1. The number of anilines is 3. The second kappa shape index (κ2) is 12.3. The normalized spacial score (nSPS) is 12.9. The predicted molar refractivity (Wildman–Crippen MR) is 224 cm³/mol. The van der Waals surface area contributed by atoms with Gasteiger partial charge in [-0.3, -0.25) is 0 Å². The molecule has 0 spiro atoms. The highest BCUT2D eigenvalue weighted by Crippen LogP contribution is 2.52. The average molecular weight is 679 g/mol. The lowest BCUT2D eigenvalue weighted by Crippen LogP contribution is -2.17.